The smallest absolute Gasteiger partial charge is 0.315 e. The number of nitrogen functional groups attached to an aromatic ring is 1. The lowest BCUT2D eigenvalue weighted by atomic mass is 10.1. The maximum absolute atomic E-state index is 8.93. The number of nitrogens with two attached hydrogens (primary N) is 1. The molecule has 0 radical (unpaired) electrons. The lowest BCUT2D eigenvalue weighted by Crippen LogP contribution is -2.28. The van der Waals surface area contributed by atoms with Gasteiger partial charge in [-0.3, -0.25) is 0 Å². The third-order valence-electron chi connectivity index (χ3n) is 5.05. The van der Waals surface area contributed by atoms with Crippen LogP contribution in [0.1, 0.15) is 19.3 Å². The van der Waals surface area contributed by atoms with Gasteiger partial charge in [-0.1, -0.05) is 5.10 Å². The summed E-state index contributed by atoms with van der Waals surface area (Å²) in [6.45, 7) is 2.08. The highest BCUT2D eigenvalue weighted by atomic mass is 32.1. The number of aliphatic hydroxyl groups excluding tert-OH is 1. The zero-order chi connectivity index (χ0) is 22.3. The maximum Gasteiger partial charge on any atom is 0.315 e. The second-order valence-electron chi connectivity index (χ2n) is 7.46. The second kappa shape index (κ2) is 10.5. The number of anilines is 5. The van der Waals surface area contributed by atoms with E-state index in [2.05, 4.69) is 43.8 Å². The highest BCUT2D eigenvalue weighted by Crippen LogP contribution is 2.32. The summed E-state index contributed by atoms with van der Waals surface area (Å²) < 4.78 is 11.2. The molecule has 0 aliphatic carbocycles. The highest BCUT2D eigenvalue weighted by Gasteiger charge is 2.19. The van der Waals surface area contributed by atoms with E-state index in [4.69, 9.17) is 20.0 Å². The number of aromatic nitrogens is 3. The van der Waals surface area contributed by atoms with E-state index < -0.39 is 0 Å². The molecule has 11 heteroatoms. The predicted octanol–water partition coefficient (Wildman–Crippen LogP) is 3.13. The number of benzene rings is 1. The van der Waals surface area contributed by atoms with E-state index in [9.17, 15) is 0 Å². The molecule has 0 amide bonds. The van der Waals surface area contributed by atoms with Crippen LogP contribution in [0.25, 0.3) is 11.5 Å². The van der Waals surface area contributed by atoms with Gasteiger partial charge < -0.3 is 35.9 Å². The van der Waals surface area contributed by atoms with Crippen molar-refractivity contribution in [1.82, 2.24) is 15.2 Å². The summed E-state index contributed by atoms with van der Waals surface area (Å²) >= 11 is 4.38. The Bertz CT molecular complexity index is 1040. The van der Waals surface area contributed by atoms with Crippen LogP contribution < -0.4 is 21.7 Å². The van der Waals surface area contributed by atoms with Gasteiger partial charge in [0, 0.05) is 60.9 Å². The standard InChI is InChI=1S/C21H27N7O3S/c22-16-3-2-14(10-18(16)32)26-19-11-17(25-13-4-8-30-9-5-13)15(12-24-19)20-27-28-21(31-20)23-6-1-7-29/h2-3,10-13,29,32H,1,4-9,22H2,(H,23,28)(H2,24,25,26). The molecule has 2 aromatic heterocycles. The minimum absolute atomic E-state index is 0.0915. The Kier molecular flexibility index (Phi) is 7.30. The molecule has 1 aromatic carbocycles. The molecule has 0 spiro atoms. The van der Waals surface area contributed by atoms with Crippen LogP contribution in [0.5, 0.6) is 0 Å². The summed E-state index contributed by atoms with van der Waals surface area (Å²) in [6, 6.07) is 8.01. The third kappa shape index (κ3) is 5.61. The van der Waals surface area contributed by atoms with Crippen LogP contribution in [-0.4, -0.2) is 52.7 Å². The summed E-state index contributed by atoms with van der Waals surface area (Å²) in [7, 11) is 0. The number of pyridine rings is 1. The maximum atomic E-state index is 8.93. The highest BCUT2D eigenvalue weighted by molar-refractivity contribution is 7.80. The van der Waals surface area contributed by atoms with Gasteiger partial charge in [-0.2, -0.15) is 0 Å². The summed E-state index contributed by atoms with van der Waals surface area (Å²) in [4.78, 5) is 5.22. The van der Waals surface area contributed by atoms with Crippen molar-refractivity contribution in [3.8, 4) is 11.5 Å². The largest absolute Gasteiger partial charge is 0.403 e. The Labute approximate surface area is 191 Å². The average Bonchev–Trinajstić information content (AvgIpc) is 3.26. The van der Waals surface area contributed by atoms with E-state index in [1.807, 2.05) is 18.2 Å². The Balaban J connectivity index is 1.59. The van der Waals surface area contributed by atoms with Crippen LogP contribution in [-0.2, 0) is 4.74 Å². The van der Waals surface area contributed by atoms with Crippen molar-refractivity contribution >= 4 is 41.5 Å². The summed E-state index contributed by atoms with van der Waals surface area (Å²) in [6.07, 6.45) is 4.11. The Hall–Kier alpha value is -3.02. The molecule has 1 aliphatic heterocycles. The van der Waals surface area contributed by atoms with Gasteiger partial charge in [0.05, 0.1) is 11.3 Å². The molecular weight excluding hydrogens is 430 g/mol. The molecule has 1 aliphatic rings. The monoisotopic (exact) mass is 457 g/mol. The molecule has 4 rings (SSSR count). The molecule has 3 aromatic rings. The third-order valence-corrected chi connectivity index (χ3v) is 5.44. The van der Waals surface area contributed by atoms with Gasteiger partial charge >= 0.3 is 6.01 Å². The number of ether oxygens (including phenoxy) is 1. The molecule has 0 unspecified atom stereocenters. The first-order valence-electron chi connectivity index (χ1n) is 10.5. The molecular formula is C21H27N7O3S. The van der Waals surface area contributed by atoms with E-state index in [1.165, 1.54) is 0 Å². The quantitative estimate of drug-likeness (QED) is 0.161. The van der Waals surface area contributed by atoms with Gasteiger partial charge in [0.2, 0.25) is 0 Å². The Morgan fingerprint density at radius 1 is 1.19 bits per heavy atom. The normalized spacial score (nSPS) is 14.3. The molecule has 10 nitrogen and oxygen atoms in total. The zero-order valence-corrected chi connectivity index (χ0v) is 18.4. The molecule has 170 valence electrons. The van der Waals surface area contributed by atoms with Crippen LogP contribution in [0, 0.1) is 0 Å². The van der Waals surface area contributed by atoms with Crippen LogP contribution in [0.2, 0.25) is 0 Å². The number of rotatable bonds is 9. The van der Waals surface area contributed by atoms with Crippen molar-refractivity contribution in [2.24, 2.45) is 0 Å². The van der Waals surface area contributed by atoms with Crippen LogP contribution in [0.4, 0.5) is 28.9 Å². The lowest BCUT2D eigenvalue weighted by Gasteiger charge is -2.25. The van der Waals surface area contributed by atoms with Gasteiger partial charge in [-0.05, 0) is 37.5 Å². The van der Waals surface area contributed by atoms with E-state index >= 15 is 0 Å². The first-order chi connectivity index (χ1) is 15.6. The number of hydrogen-bond donors (Lipinski definition) is 6. The number of nitrogens with zero attached hydrogens (tertiary/aromatic N) is 3. The summed E-state index contributed by atoms with van der Waals surface area (Å²) in [5.41, 5.74) is 8.84. The Morgan fingerprint density at radius 3 is 2.81 bits per heavy atom. The molecule has 1 fully saturated rings. The van der Waals surface area contributed by atoms with Crippen molar-refractivity contribution in [3.05, 3.63) is 30.5 Å². The fourth-order valence-corrected chi connectivity index (χ4v) is 3.54. The first-order valence-corrected chi connectivity index (χ1v) is 11.0. The first kappa shape index (κ1) is 22.2. The summed E-state index contributed by atoms with van der Waals surface area (Å²) in [5, 5.41) is 27.0. The van der Waals surface area contributed by atoms with Crippen molar-refractivity contribution in [1.29, 1.82) is 0 Å². The fourth-order valence-electron chi connectivity index (χ4n) is 3.32. The molecule has 0 atom stereocenters. The minimum atomic E-state index is 0.0915. The molecule has 0 saturated carbocycles. The van der Waals surface area contributed by atoms with Gasteiger partial charge in [-0.25, -0.2) is 4.98 Å². The lowest BCUT2D eigenvalue weighted by molar-refractivity contribution is 0.0904. The van der Waals surface area contributed by atoms with Crippen LogP contribution in [0.15, 0.2) is 39.8 Å². The molecule has 32 heavy (non-hydrogen) atoms. The number of hydrogen-bond acceptors (Lipinski definition) is 11. The van der Waals surface area contributed by atoms with Crippen molar-refractivity contribution < 1.29 is 14.3 Å². The molecule has 6 N–H and O–H groups in total. The van der Waals surface area contributed by atoms with Crippen molar-refractivity contribution in [2.45, 2.75) is 30.2 Å². The minimum Gasteiger partial charge on any atom is -0.403 e. The van der Waals surface area contributed by atoms with Gasteiger partial charge in [0.15, 0.2) is 0 Å². The predicted molar refractivity (Wildman–Crippen MR) is 127 cm³/mol. The molecule has 0 bridgehead atoms. The molecule has 3 heterocycles. The van der Waals surface area contributed by atoms with Crippen LogP contribution in [0.3, 0.4) is 0 Å². The number of thiol groups is 1. The van der Waals surface area contributed by atoms with Gasteiger partial charge in [0.25, 0.3) is 5.89 Å². The van der Waals surface area contributed by atoms with E-state index in [-0.39, 0.29) is 12.6 Å². The number of aliphatic hydroxyl groups is 1. The average molecular weight is 458 g/mol. The van der Waals surface area contributed by atoms with Crippen molar-refractivity contribution in [3.63, 3.8) is 0 Å². The van der Waals surface area contributed by atoms with E-state index in [0.29, 0.717) is 46.8 Å². The zero-order valence-electron chi connectivity index (χ0n) is 17.5. The van der Waals surface area contributed by atoms with E-state index in [0.717, 1.165) is 37.4 Å². The SMILES string of the molecule is Nc1ccc(Nc2cc(NC3CCOCC3)c(-c3nnc(NCCCO)o3)cn2)cc1S. The second-order valence-corrected chi connectivity index (χ2v) is 7.94. The van der Waals surface area contributed by atoms with Crippen LogP contribution >= 0.6 is 12.6 Å². The Morgan fingerprint density at radius 2 is 2.03 bits per heavy atom. The van der Waals surface area contributed by atoms with E-state index in [1.54, 1.807) is 12.3 Å². The number of nitrogens with one attached hydrogen (secondary N) is 3. The van der Waals surface area contributed by atoms with Gasteiger partial charge in [-0.15, -0.1) is 17.7 Å². The topological polar surface area (TPSA) is 143 Å². The van der Waals surface area contributed by atoms with Crippen molar-refractivity contribution in [2.75, 3.05) is 48.0 Å². The summed E-state index contributed by atoms with van der Waals surface area (Å²) in [5.74, 6) is 1.01. The van der Waals surface area contributed by atoms with Gasteiger partial charge in [0.1, 0.15) is 5.82 Å². The fraction of sp³-hybridized carbons (Fsp3) is 0.381. The molecule has 1 saturated heterocycles.